The van der Waals surface area contributed by atoms with Crippen molar-refractivity contribution in [3.05, 3.63) is 39.3 Å². The summed E-state index contributed by atoms with van der Waals surface area (Å²) in [7, 11) is -1.48. The Hall–Kier alpha value is 0.627. The molecule has 1 heterocycles. The van der Waals surface area contributed by atoms with E-state index in [1.54, 1.807) is 22.3 Å². The number of halogens is 2. The summed E-state index contributed by atoms with van der Waals surface area (Å²) >= 11 is -0.823. The minimum Gasteiger partial charge on any atom is -1.00 e. The first-order chi connectivity index (χ1) is 9.19. The van der Waals surface area contributed by atoms with Gasteiger partial charge in [0.2, 0.25) is 0 Å². The predicted molar refractivity (Wildman–Crippen MR) is 86.6 cm³/mol. The van der Waals surface area contributed by atoms with Gasteiger partial charge in [0.1, 0.15) is 0 Å². The molecule has 2 aliphatic carbocycles. The molecule has 120 valence electrons. The SMILES string of the molecule is CC1=[C]2[Hf+2][C]3=C(C)C(C)=C(C3C)[Si](C)(C)C(=C1C)C2C.[Cl-].[Cl-]. The summed E-state index contributed by atoms with van der Waals surface area (Å²) in [5, 5.41) is 3.74. The van der Waals surface area contributed by atoms with Crippen LogP contribution >= 0.6 is 0 Å². The molecule has 0 nitrogen and oxygen atoms in total. The summed E-state index contributed by atoms with van der Waals surface area (Å²) in [4.78, 5) is 0. The Balaban J connectivity index is 0.00000121. The average Bonchev–Trinajstić information content (AvgIpc) is 2.70. The largest absolute Gasteiger partial charge is 1.00 e. The van der Waals surface area contributed by atoms with E-state index in [0.717, 1.165) is 11.8 Å². The molecule has 0 aromatic heterocycles. The van der Waals surface area contributed by atoms with Crippen LogP contribution in [0.1, 0.15) is 41.5 Å². The third-order valence-electron chi connectivity index (χ3n) is 6.09. The molecule has 0 radical (unpaired) electrons. The van der Waals surface area contributed by atoms with Crippen LogP contribution in [0.2, 0.25) is 13.1 Å². The first-order valence-corrected chi connectivity index (χ1v) is 14.4. The minimum absolute atomic E-state index is 0. The summed E-state index contributed by atoms with van der Waals surface area (Å²) in [6.45, 7) is 19.9. The minimum atomic E-state index is -1.48. The van der Waals surface area contributed by atoms with Crippen LogP contribution in [0.15, 0.2) is 39.3 Å². The second-order valence-electron chi connectivity index (χ2n) is 7.35. The van der Waals surface area contributed by atoms with Crippen molar-refractivity contribution in [1.29, 1.82) is 0 Å². The Kier molecular flexibility index (Phi) is 6.11. The fraction of sp³-hybridized carbons (Fsp3) is 0.556. The van der Waals surface area contributed by atoms with E-state index in [2.05, 4.69) is 54.6 Å². The van der Waals surface area contributed by atoms with E-state index < -0.39 is 31.0 Å². The maximum absolute atomic E-state index is 2.61. The number of hydrogen-bond donors (Lipinski definition) is 0. The molecule has 1 fully saturated rings. The van der Waals surface area contributed by atoms with Crippen molar-refractivity contribution in [1.82, 2.24) is 0 Å². The second kappa shape index (κ2) is 6.50. The van der Waals surface area contributed by atoms with E-state index in [-0.39, 0.29) is 24.8 Å². The molecule has 0 aromatic carbocycles. The van der Waals surface area contributed by atoms with Gasteiger partial charge < -0.3 is 24.8 Å². The fourth-order valence-corrected chi connectivity index (χ4v) is 17.5. The Morgan fingerprint density at radius 3 is 1.32 bits per heavy atom. The van der Waals surface area contributed by atoms with E-state index in [1.165, 1.54) is 0 Å². The van der Waals surface area contributed by atoms with Crippen molar-refractivity contribution in [3.63, 3.8) is 0 Å². The molecular formula is C18H26Cl2HfSi. The first-order valence-electron chi connectivity index (χ1n) is 7.81. The van der Waals surface area contributed by atoms with Gasteiger partial charge in [-0.1, -0.05) is 0 Å². The van der Waals surface area contributed by atoms with E-state index in [1.807, 2.05) is 17.1 Å². The first kappa shape index (κ1) is 20.7. The zero-order valence-electron chi connectivity index (χ0n) is 14.9. The fourth-order valence-electron chi connectivity index (χ4n) is 5.11. The Labute approximate surface area is 160 Å². The molecule has 3 rings (SSSR count). The van der Waals surface area contributed by atoms with Gasteiger partial charge in [-0.3, -0.25) is 0 Å². The number of fused-ring (bicyclic) bond motifs is 4. The predicted octanol–water partition coefficient (Wildman–Crippen LogP) is -0.642. The molecular weight excluding hydrogens is 494 g/mol. The van der Waals surface area contributed by atoms with Crippen molar-refractivity contribution < 1.29 is 47.7 Å². The van der Waals surface area contributed by atoms with Gasteiger partial charge in [-0.05, 0) is 0 Å². The molecule has 0 saturated carbocycles. The van der Waals surface area contributed by atoms with Crippen LogP contribution in [0.4, 0.5) is 0 Å². The van der Waals surface area contributed by atoms with Crippen molar-refractivity contribution in [2.75, 3.05) is 0 Å². The zero-order valence-corrected chi connectivity index (χ0v) is 21.0. The van der Waals surface area contributed by atoms with Crippen LogP contribution < -0.4 is 24.8 Å². The van der Waals surface area contributed by atoms with Gasteiger partial charge in [0.25, 0.3) is 0 Å². The van der Waals surface area contributed by atoms with E-state index in [0.29, 0.717) is 0 Å². The average molecular weight is 520 g/mol. The third-order valence-corrected chi connectivity index (χ3v) is 18.1. The van der Waals surface area contributed by atoms with Gasteiger partial charge in [-0.15, -0.1) is 0 Å². The number of rotatable bonds is 0. The molecule has 1 aliphatic heterocycles. The van der Waals surface area contributed by atoms with Gasteiger partial charge in [0.05, 0.1) is 0 Å². The van der Waals surface area contributed by atoms with E-state index >= 15 is 0 Å². The number of hydrogen-bond acceptors (Lipinski definition) is 0. The molecule has 4 bridgehead atoms. The van der Waals surface area contributed by atoms with Crippen molar-refractivity contribution in [3.8, 4) is 0 Å². The van der Waals surface area contributed by atoms with Crippen LogP contribution in [0.5, 0.6) is 0 Å². The summed E-state index contributed by atoms with van der Waals surface area (Å²) < 4.78 is 3.82. The molecule has 3 aliphatic rings. The topological polar surface area (TPSA) is 0 Å². The second-order valence-corrected chi connectivity index (χ2v) is 16.4. The number of allylic oxidation sites excluding steroid dienone is 8. The van der Waals surface area contributed by atoms with E-state index in [9.17, 15) is 0 Å². The smallest absolute Gasteiger partial charge is 1.00 e. The molecule has 2 unspecified atom stereocenters. The Morgan fingerprint density at radius 1 is 0.682 bits per heavy atom. The van der Waals surface area contributed by atoms with Gasteiger partial charge >= 0.3 is 137 Å². The van der Waals surface area contributed by atoms with Gasteiger partial charge in [-0.2, -0.15) is 0 Å². The Morgan fingerprint density at radius 2 is 1.00 bits per heavy atom. The van der Waals surface area contributed by atoms with Gasteiger partial charge in [0, 0.05) is 0 Å². The van der Waals surface area contributed by atoms with Gasteiger partial charge in [0.15, 0.2) is 0 Å². The summed E-state index contributed by atoms with van der Waals surface area (Å²) in [6.07, 6.45) is 0. The van der Waals surface area contributed by atoms with E-state index in [4.69, 9.17) is 0 Å². The quantitative estimate of drug-likeness (QED) is 0.374. The molecule has 2 atom stereocenters. The molecule has 1 saturated heterocycles. The summed E-state index contributed by atoms with van der Waals surface area (Å²) in [6, 6.07) is 0. The summed E-state index contributed by atoms with van der Waals surface area (Å²) in [5.41, 5.74) is 6.73. The van der Waals surface area contributed by atoms with Crippen molar-refractivity contribution >= 4 is 8.07 Å². The normalized spacial score (nSPS) is 28.7. The summed E-state index contributed by atoms with van der Waals surface area (Å²) in [5.74, 6) is 1.55. The monoisotopic (exact) mass is 520 g/mol. The van der Waals surface area contributed by atoms with Crippen LogP contribution in [0, 0.1) is 11.8 Å². The van der Waals surface area contributed by atoms with Gasteiger partial charge in [-0.25, -0.2) is 0 Å². The van der Waals surface area contributed by atoms with Crippen molar-refractivity contribution in [2.45, 2.75) is 54.6 Å². The zero-order chi connectivity index (χ0) is 15.0. The van der Waals surface area contributed by atoms with Crippen LogP contribution in [0.25, 0.3) is 0 Å². The van der Waals surface area contributed by atoms with Crippen LogP contribution in [0.3, 0.4) is 0 Å². The molecule has 22 heavy (non-hydrogen) atoms. The van der Waals surface area contributed by atoms with Crippen molar-refractivity contribution in [2.24, 2.45) is 11.8 Å². The molecule has 4 heteroatoms. The maximum Gasteiger partial charge on any atom is -1.00 e. The van der Waals surface area contributed by atoms with Crippen LogP contribution in [-0.4, -0.2) is 8.07 Å². The standard InChI is InChI=1S/C18H26Si.2ClH.Hf/c1-11-9-13(3)17(15(11)5)19(7,8)18-14(4)10-12(2)16(18)6;;;/h13-14H,1-8H3;2*1H;/q;;;+2/p-2. The molecule has 0 N–H and O–H groups in total. The molecule has 0 amide bonds. The molecule has 0 spiro atoms. The Bertz CT molecular complexity index is 596. The van der Waals surface area contributed by atoms with Crippen LogP contribution in [-0.2, 0) is 22.9 Å². The third kappa shape index (κ3) is 2.48. The maximum atomic E-state index is 2.61. The molecule has 0 aromatic rings.